The van der Waals surface area contributed by atoms with Gasteiger partial charge >= 0.3 is 0 Å². The van der Waals surface area contributed by atoms with Crippen molar-refractivity contribution in [2.75, 3.05) is 20.6 Å². The molecule has 0 radical (unpaired) electrons. The van der Waals surface area contributed by atoms with Gasteiger partial charge < -0.3 is 9.88 Å². The van der Waals surface area contributed by atoms with Crippen molar-refractivity contribution in [1.29, 1.82) is 0 Å². The van der Waals surface area contributed by atoms with Crippen LogP contribution in [0.3, 0.4) is 0 Å². The van der Waals surface area contributed by atoms with Crippen molar-refractivity contribution in [3.63, 3.8) is 0 Å². The van der Waals surface area contributed by atoms with E-state index in [0.29, 0.717) is 0 Å². The van der Waals surface area contributed by atoms with Gasteiger partial charge in [-0.05, 0) is 52.1 Å². The van der Waals surface area contributed by atoms with Crippen LogP contribution in [0.2, 0.25) is 13.1 Å². The summed E-state index contributed by atoms with van der Waals surface area (Å²) in [4.78, 5) is 6.01. The summed E-state index contributed by atoms with van der Waals surface area (Å²) in [7, 11) is 2.66. The Morgan fingerprint density at radius 2 is 1.83 bits per heavy atom. The molecule has 2 nitrogen and oxygen atoms in total. The zero-order valence-electron chi connectivity index (χ0n) is 13.0. The predicted octanol–water partition coefficient (Wildman–Crippen LogP) is 3.09. The standard InChI is InChI=1S/C15H28N2Si/c1-15(2,3)16-18(6,7)14-9-8-13(12-14)10-11-17(4)5/h8-9,16H,10-11H2,1-7H3. The van der Waals surface area contributed by atoms with Gasteiger partial charge in [0.25, 0.3) is 0 Å². The van der Waals surface area contributed by atoms with Crippen molar-refractivity contribution in [2.24, 2.45) is 0 Å². The van der Waals surface area contributed by atoms with Gasteiger partial charge in [0.1, 0.15) is 0 Å². The van der Waals surface area contributed by atoms with Gasteiger partial charge in [-0.15, -0.1) is 5.73 Å². The summed E-state index contributed by atoms with van der Waals surface area (Å²) in [5, 5.41) is 1.39. The van der Waals surface area contributed by atoms with E-state index in [0.717, 1.165) is 13.0 Å². The molecule has 1 aliphatic rings. The number of nitrogens with zero attached hydrogens (tertiary/aromatic N) is 1. The minimum absolute atomic E-state index is 0.171. The van der Waals surface area contributed by atoms with Gasteiger partial charge in [0.2, 0.25) is 0 Å². The van der Waals surface area contributed by atoms with E-state index in [4.69, 9.17) is 0 Å². The van der Waals surface area contributed by atoms with Crippen molar-refractivity contribution in [3.8, 4) is 0 Å². The van der Waals surface area contributed by atoms with Gasteiger partial charge in [-0.2, -0.15) is 0 Å². The molecule has 18 heavy (non-hydrogen) atoms. The molecule has 0 spiro atoms. The molecule has 0 saturated heterocycles. The van der Waals surface area contributed by atoms with Crippen LogP contribution in [0, 0.1) is 0 Å². The zero-order valence-corrected chi connectivity index (χ0v) is 14.0. The van der Waals surface area contributed by atoms with Gasteiger partial charge in [0.05, 0.1) is 0 Å². The smallest absolute Gasteiger partial charge is 0.160 e. The maximum Gasteiger partial charge on any atom is 0.160 e. The molecule has 1 N–H and O–H groups in total. The third kappa shape index (κ3) is 4.95. The molecule has 0 saturated carbocycles. The highest BCUT2D eigenvalue weighted by Gasteiger charge is 2.30. The molecule has 0 fully saturated rings. The molecule has 0 amide bonds. The molecule has 0 aromatic heterocycles. The van der Waals surface area contributed by atoms with Crippen molar-refractivity contribution in [3.05, 3.63) is 28.7 Å². The van der Waals surface area contributed by atoms with Crippen molar-refractivity contribution >= 4 is 8.24 Å². The Hall–Kier alpha value is -0.603. The predicted molar refractivity (Wildman–Crippen MR) is 83.2 cm³/mol. The van der Waals surface area contributed by atoms with Crippen LogP contribution in [-0.4, -0.2) is 39.3 Å². The van der Waals surface area contributed by atoms with Crippen LogP contribution >= 0.6 is 0 Å². The monoisotopic (exact) mass is 264 g/mol. The van der Waals surface area contributed by atoms with Crippen molar-refractivity contribution in [1.82, 2.24) is 9.88 Å². The summed E-state index contributed by atoms with van der Waals surface area (Å²) in [6.07, 6.45) is 5.58. The molecule has 0 heterocycles. The summed E-state index contributed by atoms with van der Waals surface area (Å²) in [6, 6.07) is 0. The Bertz CT molecular complexity index is 391. The number of nitrogens with one attached hydrogen (secondary N) is 1. The fourth-order valence-electron chi connectivity index (χ4n) is 2.30. The molecular formula is C15H28N2Si. The quantitative estimate of drug-likeness (QED) is 0.606. The maximum absolute atomic E-state index is 3.79. The average Bonchev–Trinajstić information content (AvgIpc) is 2.59. The zero-order chi connectivity index (χ0) is 14.0. The van der Waals surface area contributed by atoms with Crippen molar-refractivity contribution in [2.45, 2.75) is 45.8 Å². The van der Waals surface area contributed by atoms with Gasteiger partial charge in [0, 0.05) is 12.1 Å². The third-order valence-electron chi connectivity index (χ3n) is 2.94. The fourth-order valence-corrected chi connectivity index (χ4v) is 5.28. The van der Waals surface area contributed by atoms with Crippen LogP contribution in [0.25, 0.3) is 0 Å². The number of hydrogen-bond acceptors (Lipinski definition) is 2. The molecule has 0 aromatic carbocycles. The third-order valence-corrected chi connectivity index (χ3v) is 5.95. The van der Waals surface area contributed by atoms with Crippen LogP contribution < -0.4 is 4.98 Å². The van der Waals surface area contributed by atoms with Gasteiger partial charge in [-0.25, -0.2) is 0 Å². The molecule has 3 heteroatoms. The minimum Gasteiger partial charge on any atom is -0.329 e. The first-order chi connectivity index (χ1) is 8.10. The second-order valence-corrected chi connectivity index (χ2v) is 11.0. The number of allylic oxidation sites excluding steroid dienone is 2. The summed E-state index contributed by atoms with van der Waals surface area (Å²) < 4.78 is 0. The van der Waals surface area contributed by atoms with Crippen LogP contribution in [0.15, 0.2) is 28.7 Å². The lowest BCUT2D eigenvalue weighted by Gasteiger charge is -2.33. The van der Waals surface area contributed by atoms with E-state index < -0.39 is 8.24 Å². The van der Waals surface area contributed by atoms with E-state index in [-0.39, 0.29) is 5.54 Å². The SMILES string of the molecule is CN(C)CCC1=C=C([Si](C)(C)NC(C)(C)C)C=C1. The van der Waals surface area contributed by atoms with Gasteiger partial charge in [-0.1, -0.05) is 25.2 Å². The summed E-state index contributed by atoms with van der Waals surface area (Å²) in [5.74, 6) is 0. The minimum atomic E-state index is -1.57. The van der Waals surface area contributed by atoms with E-state index in [1.165, 1.54) is 10.8 Å². The number of rotatable bonds is 5. The van der Waals surface area contributed by atoms with Crippen LogP contribution in [0.1, 0.15) is 27.2 Å². The van der Waals surface area contributed by atoms with E-state index in [1.54, 1.807) is 0 Å². The van der Waals surface area contributed by atoms with Gasteiger partial charge in [-0.3, -0.25) is 0 Å². The van der Waals surface area contributed by atoms with Crippen molar-refractivity contribution < 1.29 is 0 Å². The largest absolute Gasteiger partial charge is 0.329 e. The van der Waals surface area contributed by atoms with Gasteiger partial charge in [0.15, 0.2) is 8.24 Å². The Kier molecular flexibility index (Phi) is 4.79. The lowest BCUT2D eigenvalue weighted by Crippen LogP contribution is -2.55. The first kappa shape index (κ1) is 15.5. The van der Waals surface area contributed by atoms with Crippen LogP contribution in [0.4, 0.5) is 0 Å². The Morgan fingerprint density at radius 3 is 2.33 bits per heavy atom. The molecular weight excluding hydrogens is 236 g/mol. The molecule has 0 aromatic rings. The molecule has 1 rings (SSSR count). The molecule has 1 aliphatic carbocycles. The second-order valence-electron chi connectivity index (χ2n) is 6.95. The van der Waals surface area contributed by atoms with E-state index in [9.17, 15) is 0 Å². The lowest BCUT2D eigenvalue weighted by atomic mass is 10.1. The summed E-state index contributed by atoms with van der Waals surface area (Å²) in [6.45, 7) is 12.5. The highest BCUT2D eigenvalue weighted by molar-refractivity contribution is 6.82. The molecule has 0 aliphatic heterocycles. The summed E-state index contributed by atoms with van der Waals surface area (Å²) >= 11 is 0. The van der Waals surface area contributed by atoms with E-state index in [2.05, 4.69) is 75.7 Å². The van der Waals surface area contributed by atoms with E-state index in [1.807, 2.05) is 0 Å². The molecule has 102 valence electrons. The Morgan fingerprint density at radius 1 is 1.22 bits per heavy atom. The normalized spacial score (nSPS) is 16.2. The lowest BCUT2D eigenvalue weighted by molar-refractivity contribution is 0.414. The maximum atomic E-state index is 3.79. The Labute approximate surface area is 114 Å². The summed E-state index contributed by atoms with van der Waals surface area (Å²) in [5.41, 5.74) is 5.12. The first-order valence-corrected chi connectivity index (χ1v) is 9.72. The topological polar surface area (TPSA) is 15.3 Å². The Balaban J connectivity index is 2.78. The van der Waals surface area contributed by atoms with E-state index >= 15 is 0 Å². The fraction of sp³-hybridized carbons (Fsp3) is 0.667. The molecule has 0 atom stereocenters. The van der Waals surface area contributed by atoms with Crippen LogP contribution in [-0.2, 0) is 0 Å². The number of hydrogen-bond donors (Lipinski definition) is 1. The second kappa shape index (κ2) is 5.58. The molecule has 0 unspecified atom stereocenters. The first-order valence-electron chi connectivity index (χ1n) is 6.72. The highest BCUT2D eigenvalue weighted by atomic mass is 28.3. The average molecular weight is 264 g/mol. The van der Waals surface area contributed by atoms with Crippen LogP contribution in [0.5, 0.6) is 0 Å². The molecule has 0 bridgehead atoms. The highest BCUT2D eigenvalue weighted by Crippen LogP contribution is 2.22.